The minimum Gasteiger partial charge on any atom is -0.469 e. The highest BCUT2D eigenvalue weighted by Crippen LogP contribution is 2.42. The molecule has 8 heteroatoms. The Kier molecular flexibility index (Phi) is 9.55. The van der Waals surface area contributed by atoms with Crippen LogP contribution in [-0.2, 0) is 31.9 Å². The number of ether oxygens (including phenoxy) is 2. The molecule has 0 spiro atoms. The fourth-order valence-corrected chi connectivity index (χ4v) is 6.99. The highest BCUT2D eigenvalue weighted by molar-refractivity contribution is 6.05. The minimum absolute atomic E-state index is 0.229. The standard InChI is InChI=1S/C42H42N4O4/c1-9-28-25(5)41-40(27-14-12-11-13-15-27)42-26(6)29(10-2)35(46-42)21-33-24(4)31(17-19-39(48)50-8)37(44-33)22-36-30(16-18-38(47)49-7)23(3)32(43-36)20-34(28)45-41/h9-15,20-22,43-44H,1-2,16-19H2,3-8H3. The maximum absolute atomic E-state index is 12.3. The Morgan fingerprint density at radius 3 is 1.52 bits per heavy atom. The van der Waals surface area contributed by atoms with E-state index >= 15 is 0 Å². The van der Waals surface area contributed by atoms with E-state index in [9.17, 15) is 9.59 Å². The summed E-state index contributed by atoms with van der Waals surface area (Å²) in [4.78, 5) is 42.5. The van der Waals surface area contributed by atoms with Crippen molar-refractivity contribution < 1.29 is 19.1 Å². The van der Waals surface area contributed by atoms with E-state index in [4.69, 9.17) is 19.4 Å². The average Bonchev–Trinajstić information content (AvgIpc) is 3.79. The topological polar surface area (TPSA) is 110 Å². The zero-order valence-electron chi connectivity index (χ0n) is 29.5. The quantitative estimate of drug-likeness (QED) is 0.173. The molecule has 2 N–H and O–H groups in total. The molecule has 8 bridgehead atoms. The van der Waals surface area contributed by atoms with E-state index in [2.05, 4.69) is 81.2 Å². The van der Waals surface area contributed by atoms with Crippen molar-refractivity contribution in [3.05, 3.63) is 119 Å². The van der Waals surface area contributed by atoms with Crippen molar-refractivity contribution in [2.75, 3.05) is 14.2 Å². The van der Waals surface area contributed by atoms with Crippen molar-refractivity contribution in [1.29, 1.82) is 0 Å². The van der Waals surface area contributed by atoms with Crippen LogP contribution in [0.5, 0.6) is 0 Å². The number of carbonyl (C=O) groups excluding carboxylic acids is 2. The van der Waals surface area contributed by atoms with Crippen LogP contribution in [0.3, 0.4) is 0 Å². The Labute approximate surface area is 292 Å². The van der Waals surface area contributed by atoms with E-state index in [0.717, 1.165) is 101 Å². The molecule has 0 fully saturated rings. The molecule has 0 unspecified atom stereocenters. The van der Waals surface area contributed by atoms with Gasteiger partial charge in [-0.15, -0.1) is 0 Å². The number of rotatable bonds is 9. The molecule has 1 aromatic carbocycles. The minimum atomic E-state index is -0.280. The smallest absolute Gasteiger partial charge is 0.305 e. The zero-order valence-corrected chi connectivity index (χ0v) is 29.5. The molecule has 0 atom stereocenters. The molecule has 0 aliphatic carbocycles. The number of methoxy groups -OCH3 is 2. The third kappa shape index (κ3) is 6.13. The van der Waals surface area contributed by atoms with Gasteiger partial charge in [0, 0.05) is 51.6 Å². The van der Waals surface area contributed by atoms with Crippen molar-refractivity contribution >= 4 is 56.3 Å². The number of aryl methyl sites for hydroxylation is 4. The van der Waals surface area contributed by atoms with Crippen LogP contribution < -0.4 is 0 Å². The van der Waals surface area contributed by atoms with Gasteiger partial charge in [0.2, 0.25) is 0 Å². The fourth-order valence-electron chi connectivity index (χ4n) is 6.99. The van der Waals surface area contributed by atoms with E-state index in [1.165, 1.54) is 14.2 Å². The maximum atomic E-state index is 12.3. The van der Waals surface area contributed by atoms with Crippen molar-refractivity contribution in [2.45, 2.75) is 53.4 Å². The Bertz CT molecular complexity index is 2160. The lowest BCUT2D eigenvalue weighted by atomic mass is 9.94. The van der Waals surface area contributed by atoms with Crippen molar-refractivity contribution in [3.63, 3.8) is 0 Å². The normalized spacial score (nSPS) is 12.7. The summed E-state index contributed by atoms with van der Waals surface area (Å²) in [7, 11) is 2.81. The highest BCUT2D eigenvalue weighted by atomic mass is 16.5. The zero-order chi connectivity index (χ0) is 35.7. The van der Waals surface area contributed by atoms with Crippen molar-refractivity contribution in [3.8, 4) is 11.1 Å². The van der Waals surface area contributed by atoms with Crippen LogP contribution in [0, 0.1) is 13.8 Å². The van der Waals surface area contributed by atoms with Crippen LogP contribution in [0.25, 0.3) is 55.5 Å². The Morgan fingerprint density at radius 1 is 0.680 bits per heavy atom. The lowest BCUT2D eigenvalue weighted by Gasteiger charge is -2.09. The van der Waals surface area contributed by atoms with E-state index < -0.39 is 0 Å². The first-order valence-electron chi connectivity index (χ1n) is 16.7. The van der Waals surface area contributed by atoms with Gasteiger partial charge in [-0.2, -0.15) is 0 Å². The number of aromatic nitrogens is 4. The SMILES string of the molecule is C=CC1=C(C)c2nc1cc1[nH]c(cc3[nH]c(cc4nc(c2-c2ccccc2)C(C)=C4C=C)c(C)c3CCC(=O)OC)c(CCC(=O)OC)c1C. The molecule has 8 nitrogen and oxygen atoms in total. The molecule has 2 aliphatic heterocycles. The number of allylic oxidation sites excluding steroid dienone is 6. The van der Waals surface area contributed by atoms with Gasteiger partial charge in [0.15, 0.2) is 0 Å². The molecule has 0 amide bonds. The van der Waals surface area contributed by atoms with Crippen molar-refractivity contribution in [1.82, 2.24) is 19.9 Å². The summed E-state index contributed by atoms with van der Waals surface area (Å²) >= 11 is 0. The van der Waals surface area contributed by atoms with Gasteiger partial charge in [0.25, 0.3) is 0 Å². The van der Waals surface area contributed by atoms with Gasteiger partial charge >= 0.3 is 11.9 Å². The molecule has 50 heavy (non-hydrogen) atoms. The van der Waals surface area contributed by atoms with E-state index in [0.29, 0.717) is 12.8 Å². The van der Waals surface area contributed by atoms with Gasteiger partial charge < -0.3 is 19.4 Å². The molecule has 6 rings (SSSR count). The number of hydrogen-bond acceptors (Lipinski definition) is 6. The number of aromatic amines is 2. The fraction of sp³-hybridized carbons (Fsp3) is 0.238. The molecule has 0 radical (unpaired) electrons. The summed E-state index contributed by atoms with van der Waals surface area (Å²) in [6.07, 6.45) is 5.12. The van der Waals surface area contributed by atoms with Crippen LogP contribution >= 0.6 is 0 Å². The highest BCUT2D eigenvalue weighted by Gasteiger charge is 2.25. The number of hydrogen-bond donors (Lipinski definition) is 2. The van der Waals surface area contributed by atoms with Crippen LogP contribution in [0.15, 0.2) is 73.8 Å². The van der Waals surface area contributed by atoms with Gasteiger partial charge in [-0.1, -0.05) is 55.6 Å². The number of fused-ring (bicyclic) bond motifs is 8. The number of esters is 2. The Balaban J connectivity index is 1.81. The number of benzene rings is 1. The monoisotopic (exact) mass is 666 g/mol. The largest absolute Gasteiger partial charge is 0.469 e. The summed E-state index contributed by atoms with van der Waals surface area (Å²) in [6, 6.07) is 16.4. The molecular weight excluding hydrogens is 624 g/mol. The van der Waals surface area contributed by atoms with Gasteiger partial charge in [-0.3, -0.25) is 9.59 Å². The summed E-state index contributed by atoms with van der Waals surface area (Å²) < 4.78 is 9.99. The lowest BCUT2D eigenvalue weighted by Crippen LogP contribution is -2.02. The molecule has 254 valence electrons. The molecule has 2 aliphatic rings. The Morgan fingerprint density at radius 2 is 1.12 bits per heavy atom. The van der Waals surface area contributed by atoms with Crippen LogP contribution in [0.2, 0.25) is 0 Å². The Hall–Kier alpha value is -5.76. The van der Waals surface area contributed by atoms with E-state index in [-0.39, 0.29) is 24.8 Å². The second-order valence-electron chi connectivity index (χ2n) is 12.6. The second kappa shape index (κ2) is 14.0. The third-order valence-corrected chi connectivity index (χ3v) is 9.85. The number of H-pyrrole nitrogens is 2. The summed E-state index contributed by atoms with van der Waals surface area (Å²) in [5.41, 5.74) is 16.5. The molecular formula is C42H42N4O4. The van der Waals surface area contributed by atoms with Gasteiger partial charge in [-0.05, 0) is 97.7 Å². The van der Waals surface area contributed by atoms with Crippen LogP contribution in [0.4, 0.5) is 0 Å². The number of carbonyl (C=O) groups is 2. The first-order valence-corrected chi connectivity index (χ1v) is 16.7. The summed E-state index contributed by atoms with van der Waals surface area (Å²) in [6.45, 7) is 16.6. The molecule has 0 saturated carbocycles. The molecule has 5 heterocycles. The van der Waals surface area contributed by atoms with Crippen molar-refractivity contribution in [2.24, 2.45) is 0 Å². The maximum Gasteiger partial charge on any atom is 0.305 e. The van der Waals surface area contributed by atoms with Crippen LogP contribution in [-0.4, -0.2) is 46.1 Å². The first kappa shape index (κ1) is 34.1. The third-order valence-electron chi connectivity index (χ3n) is 9.85. The summed E-state index contributed by atoms with van der Waals surface area (Å²) in [5, 5.41) is 0. The van der Waals surface area contributed by atoms with E-state index in [1.54, 1.807) is 0 Å². The van der Waals surface area contributed by atoms with Crippen LogP contribution in [0.1, 0.15) is 71.7 Å². The van der Waals surface area contributed by atoms with E-state index in [1.807, 2.05) is 30.4 Å². The predicted octanol–water partition coefficient (Wildman–Crippen LogP) is 9.04. The molecule has 3 aromatic heterocycles. The average molecular weight is 667 g/mol. The van der Waals surface area contributed by atoms with Gasteiger partial charge in [0.1, 0.15) is 0 Å². The first-order chi connectivity index (χ1) is 24.1. The lowest BCUT2D eigenvalue weighted by molar-refractivity contribution is -0.141. The van der Waals surface area contributed by atoms with Gasteiger partial charge in [0.05, 0.1) is 37.0 Å². The van der Waals surface area contributed by atoms with Gasteiger partial charge in [-0.25, -0.2) is 9.97 Å². The second-order valence-corrected chi connectivity index (χ2v) is 12.6. The summed E-state index contributed by atoms with van der Waals surface area (Å²) in [5.74, 6) is -0.560. The molecule has 0 saturated heterocycles. The predicted molar refractivity (Wildman–Crippen MR) is 202 cm³/mol. The number of nitrogens with zero attached hydrogens (tertiary/aromatic N) is 2. The number of nitrogens with one attached hydrogen (secondary N) is 2. The molecule has 4 aromatic rings.